The van der Waals surface area contributed by atoms with Crippen LogP contribution in [0.1, 0.15) is 4.88 Å². The lowest BCUT2D eigenvalue weighted by Crippen LogP contribution is -2.41. The molecule has 5 nitrogen and oxygen atoms in total. The number of fused-ring (bicyclic) bond motifs is 1. The third kappa shape index (κ3) is 2.96. The van der Waals surface area contributed by atoms with Gasteiger partial charge in [0, 0.05) is 17.3 Å². The van der Waals surface area contributed by atoms with Gasteiger partial charge in [0.15, 0.2) is 10.0 Å². The maximum absolute atomic E-state index is 13.0. The van der Waals surface area contributed by atoms with E-state index in [4.69, 9.17) is 23.2 Å². The van der Waals surface area contributed by atoms with Crippen LogP contribution in [0.3, 0.4) is 0 Å². The monoisotopic (exact) mass is 404 g/mol. The lowest BCUT2D eigenvalue weighted by Gasteiger charge is -2.09. The fourth-order valence-electron chi connectivity index (χ4n) is 2.85. The van der Waals surface area contributed by atoms with Crippen LogP contribution >= 0.6 is 34.5 Å². The SMILES string of the molecule is O=c1c(-c2cccc(Cl)c2)c(O)[n+](Cc2cnc(Cl)s2)c2ccccn12. The first-order valence-corrected chi connectivity index (χ1v) is 9.24. The molecule has 0 aliphatic heterocycles. The first-order valence-electron chi connectivity index (χ1n) is 7.67. The highest BCUT2D eigenvalue weighted by atomic mass is 35.5. The molecule has 4 aromatic rings. The van der Waals surface area contributed by atoms with Crippen molar-refractivity contribution in [1.29, 1.82) is 0 Å². The second-order valence-corrected chi connectivity index (χ2v) is 7.74. The van der Waals surface area contributed by atoms with Crippen molar-refractivity contribution in [1.82, 2.24) is 9.38 Å². The number of nitrogens with zero attached hydrogens (tertiary/aromatic N) is 3. The molecule has 0 spiro atoms. The van der Waals surface area contributed by atoms with Crippen molar-refractivity contribution < 1.29 is 9.67 Å². The van der Waals surface area contributed by atoms with Crippen molar-refractivity contribution in [2.24, 2.45) is 0 Å². The van der Waals surface area contributed by atoms with E-state index >= 15 is 0 Å². The molecule has 0 aliphatic carbocycles. The van der Waals surface area contributed by atoms with Crippen molar-refractivity contribution in [3.8, 4) is 17.0 Å². The van der Waals surface area contributed by atoms with Crippen LogP contribution in [0.2, 0.25) is 9.49 Å². The minimum Gasteiger partial charge on any atom is -0.477 e. The largest absolute Gasteiger partial charge is 0.477 e. The van der Waals surface area contributed by atoms with E-state index in [0.29, 0.717) is 27.2 Å². The third-order valence-corrected chi connectivity index (χ3v) is 5.31. The summed E-state index contributed by atoms with van der Waals surface area (Å²) in [4.78, 5) is 17.9. The van der Waals surface area contributed by atoms with Crippen molar-refractivity contribution >= 4 is 40.2 Å². The van der Waals surface area contributed by atoms with Crippen molar-refractivity contribution in [3.63, 3.8) is 0 Å². The first-order chi connectivity index (χ1) is 12.5. The number of hydrogen-bond acceptors (Lipinski definition) is 4. The van der Waals surface area contributed by atoms with E-state index in [1.54, 1.807) is 53.4 Å². The average Bonchev–Trinajstić information content (AvgIpc) is 3.04. The summed E-state index contributed by atoms with van der Waals surface area (Å²) < 4.78 is 3.58. The molecule has 3 heterocycles. The molecule has 4 rings (SSSR count). The van der Waals surface area contributed by atoms with Crippen LogP contribution < -0.4 is 10.1 Å². The normalized spacial score (nSPS) is 11.2. The molecule has 0 amide bonds. The van der Waals surface area contributed by atoms with Gasteiger partial charge in [0.1, 0.15) is 6.54 Å². The van der Waals surface area contributed by atoms with E-state index in [0.717, 1.165) is 4.88 Å². The van der Waals surface area contributed by atoms with E-state index in [2.05, 4.69) is 4.98 Å². The van der Waals surface area contributed by atoms with Crippen LogP contribution in [-0.2, 0) is 6.54 Å². The molecule has 1 aromatic carbocycles. The molecule has 1 N–H and O–H groups in total. The Morgan fingerprint density at radius 3 is 2.77 bits per heavy atom. The lowest BCUT2D eigenvalue weighted by molar-refractivity contribution is -0.671. The zero-order valence-electron chi connectivity index (χ0n) is 13.3. The summed E-state index contributed by atoms with van der Waals surface area (Å²) in [6.07, 6.45) is 3.32. The molecule has 0 saturated heterocycles. The second kappa shape index (κ2) is 6.72. The molecule has 0 fully saturated rings. The van der Waals surface area contributed by atoms with Crippen molar-refractivity contribution in [2.75, 3.05) is 0 Å². The molecule has 0 atom stereocenters. The van der Waals surface area contributed by atoms with Gasteiger partial charge in [-0.2, -0.15) is 8.97 Å². The van der Waals surface area contributed by atoms with Gasteiger partial charge in [0.05, 0.1) is 11.1 Å². The van der Waals surface area contributed by atoms with Crippen LogP contribution in [0.4, 0.5) is 0 Å². The fraction of sp³-hybridized carbons (Fsp3) is 0.0556. The summed E-state index contributed by atoms with van der Waals surface area (Å²) in [6, 6.07) is 12.2. The van der Waals surface area contributed by atoms with E-state index in [1.165, 1.54) is 15.7 Å². The predicted molar refractivity (Wildman–Crippen MR) is 102 cm³/mol. The molecule has 3 aromatic heterocycles. The number of rotatable bonds is 3. The fourth-order valence-corrected chi connectivity index (χ4v) is 4.01. The number of hydrogen-bond donors (Lipinski definition) is 1. The maximum atomic E-state index is 13.0. The number of pyridine rings is 1. The van der Waals surface area contributed by atoms with Crippen molar-refractivity contribution in [2.45, 2.75) is 6.54 Å². The molecule has 0 unspecified atom stereocenters. The Balaban J connectivity index is 2.02. The Kier molecular flexibility index (Phi) is 4.40. The van der Waals surface area contributed by atoms with Gasteiger partial charge in [0.2, 0.25) is 0 Å². The molecule has 130 valence electrons. The Morgan fingerprint density at radius 2 is 2.04 bits per heavy atom. The van der Waals surface area contributed by atoms with Crippen LogP contribution in [-0.4, -0.2) is 14.5 Å². The van der Waals surface area contributed by atoms with Gasteiger partial charge in [0.25, 0.3) is 11.5 Å². The van der Waals surface area contributed by atoms with Gasteiger partial charge in [-0.05, 0) is 23.8 Å². The zero-order chi connectivity index (χ0) is 18.3. The number of halogens is 2. The Morgan fingerprint density at radius 1 is 1.19 bits per heavy atom. The molecule has 26 heavy (non-hydrogen) atoms. The molecule has 0 saturated carbocycles. The molecular weight excluding hydrogens is 393 g/mol. The highest BCUT2D eigenvalue weighted by molar-refractivity contribution is 7.15. The Hall–Kier alpha value is -2.41. The van der Waals surface area contributed by atoms with Crippen molar-refractivity contribution in [3.05, 3.63) is 79.6 Å². The van der Waals surface area contributed by atoms with Gasteiger partial charge in [-0.25, -0.2) is 9.78 Å². The number of aromatic nitrogens is 3. The average molecular weight is 405 g/mol. The Labute approximate surface area is 162 Å². The zero-order valence-corrected chi connectivity index (χ0v) is 15.6. The topological polar surface area (TPSA) is 58.5 Å². The molecular formula is C18H12Cl2N3O2S+. The van der Waals surface area contributed by atoms with E-state index in [1.807, 2.05) is 6.07 Å². The van der Waals surface area contributed by atoms with Crippen LogP contribution in [0.15, 0.2) is 59.7 Å². The third-order valence-electron chi connectivity index (χ3n) is 3.98. The summed E-state index contributed by atoms with van der Waals surface area (Å²) in [7, 11) is 0. The predicted octanol–water partition coefficient (Wildman–Crippen LogP) is 3.77. The summed E-state index contributed by atoms with van der Waals surface area (Å²) in [5, 5.41) is 11.4. The number of thiazole rings is 1. The molecule has 0 radical (unpaired) electrons. The van der Waals surface area contributed by atoms with Crippen LogP contribution in [0.5, 0.6) is 5.88 Å². The number of benzene rings is 1. The molecule has 0 aliphatic rings. The summed E-state index contributed by atoms with van der Waals surface area (Å²) in [5.74, 6) is -0.131. The van der Waals surface area contributed by atoms with Gasteiger partial charge in [-0.15, -0.1) is 11.3 Å². The summed E-state index contributed by atoms with van der Waals surface area (Å²) >= 11 is 13.3. The van der Waals surface area contributed by atoms with Crippen LogP contribution in [0.25, 0.3) is 16.8 Å². The smallest absolute Gasteiger partial charge is 0.354 e. The van der Waals surface area contributed by atoms with Gasteiger partial charge >= 0.3 is 5.56 Å². The quantitative estimate of drug-likeness (QED) is 0.528. The lowest BCUT2D eigenvalue weighted by atomic mass is 10.1. The highest BCUT2D eigenvalue weighted by Crippen LogP contribution is 2.26. The highest BCUT2D eigenvalue weighted by Gasteiger charge is 2.25. The molecule has 0 bridgehead atoms. The number of aromatic hydroxyl groups is 1. The van der Waals surface area contributed by atoms with Crippen LogP contribution in [0, 0.1) is 0 Å². The maximum Gasteiger partial charge on any atom is 0.354 e. The minimum atomic E-state index is -0.320. The van der Waals surface area contributed by atoms with E-state index in [-0.39, 0.29) is 17.0 Å². The van der Waals surface area contributed by atoms with Gasteiger partial charge < -0.3 is 5.11 Å². The van der Waals surface area contributed by atoms with Gasteiger partial charge in [-0.3, -0.25) is 0 Å². The van der Waals surface area contributed by atoms with E-state index < -0.39 is 0 Å². The Bertz CT molecular complexity index is 1190. The summed E-state index contributed by atoms with van der Waals surface area (Å²) in [5.41, 5.74) is 0.977. The van der Waals surface area contributed by atoms with Gasteiger partial charge in [-0.1, -0.05) is 41.4 Å². The first kappa shape index (κ1) is 17.0. The summed E-state index contributed by atoms with van der Waals surface area (Å²) in [6.45, 7) is 0.331. The standard InChI is InChI=1S/C18H11Cl2N3O2S/c19-12-5-3-4-11(8-12)15-16(24)22-7-2-1-6-14(22)23(17(15)25)10-13-9-21-18(20)26-13/h1-9H,10H2/p+1. The van der Waals surface area contributed by atoms with E-state index in [9.17, 15) is 9.90 Å². The minimum absolute atomic E-state index is 0.131. The molecule has 8 heteroatoms. The second-order valence-electron chi connectivity index (χ2n) is 5.61.